The molecular weight excluding hydrogens is 514 g/mol. The van der Waals surface area contributed by atoms with Crippen LogP contribution in [0.15, 0.2) is 85.2 Å². The molecule has 40 heavy (non-hydrogen) atoms. The van der Waals surface area contributed by atoms with Gasteiger partial charge in [-0.15, -0.1) is 0 Å². The number of nitro groups is 1. The Labute approximate surface area is 231 Å². The van der Waals surface area contributed by atoms with Crippen molar-refractivity contribution in [1.29, 1.82) is 0 Å². The van der Waals surface area contributed by atoms with E-state index in [2.05, 4.69) is 10.3 Å². The summed E-state index contributed by atoms with van der Waals surface area (Å²) in [5.41, 5.74) is 4.77. The summed E-state index contributed by atoms with van der Waals surface area (Å²) in [7, 11) is 0. The molecule has 0 bridgehead atoms. The van der Waals surface area contributed by atoms with E-state index in [1.54, 1.807) is 18.5 Å². The van der Waals surface area contributed by atoms with Gasteiger partial charge in [0.2, 0.25) is 5.75 Å². The summed E-state index contributed by atoms with van der Waals surface area (Å²) in [5, 5.41) is 33.3. The number of hydrogen-bond donors (Lipinski definition) is 3. The lowest BCUT2D eigenvalue weighted by Crippen LogP contribution is -2.39. The Bertz CT molecular complexity index is 1460. The lowest BCUT2D eigenvalue weighted by molar-refractivity contribution is -0.386. The van der Waals surface area contributed by atoms with Crippen molar-refractivity contribution in [1.82, 2.24) is 10.3 Å². The van der Waals surface area contributed by atoms with Crippen LogP contribution in [0.4, 0.5) is 5.69 Å². The standard InChI is InChI=1S/C30H29N3O7/c1-20-23(10-5-11-25(20)22-8-3-2-4-9-22)19-40-29-14-28(39-18-21-7-6-12-31-15-21)24(13-27(29)33(37)38)16-32-26(17-34)30(35)36/h2-15,26,32,34H,16-19H2,1H3,(H,35,36)/t26-/m0/s1. The zero-order valence-electron chi connectivity index (χ0n) is 21.8. The van der Waals surface area contributed by atoms with Crippen molar-refractivity contribution in [3.63, 3.8) is 0 Å². The van der Waals surface area contributed by atoms with Crippen molar-refractivity contribution < 1.29 is 29.4 Å². The van der Waals surface area contributed by atoms with Gasteiger partial charge in [-0.3, -0.25) is 25.2 Å². The maximum absolute atomic E-state index is 12.0. The Morgan fingerprint density at radius 3 is 2.45 bits per heavy atom. The highest BCUT2D eigenvalue weighted by Gasteiger charge is 2.23. The van der Waals surface area contributed by atoms with Gasteiger partial charge < -0.3 is 19.7 Å². The molecule has 0 radical (unpaired) electrons. The van der Waals surface area contributed by atoms with E-state index < -0.39 is 23.5 Å². The van der Waals surface area contributed by atoms with Crippen LogP contribution in [0.3, 0.4) is 0 Å². The Morgan fingerprint density at radius 1 is 1.00 bits per heavy atom. The number of aromatic nitrogens is 1. The summed E-state index contributed by atoms with van der Waals surface area (Å²) >= 11 is 0. The summed E-state index contributed by atoms with van der Waals surface area (Å²) in [6.07, 6.45) is 3.27. The number of nitro benzene ring substituents is 1. The molecule has 3 N–H and O–H groups in total. The summed E-state index contributed by atoms with van der Waals surface area (Å²) in [4.78, 5) is 26.9. The molecule has 0 aliphatic rings. The summed E-state index contributed by atoms with van der Waals surface area (Å²) in [5.74, 6) is -0.965. The Hall–Kier alpha value is -4.80. The van der Waals surface area contributed by atoms with Gasteiger partial charge in [0, 0.05) is 42.2 Å². The average Bonchev–Trinajstić information content (AvgIpc) is 2.97. The minimum absolute atomic E-state index is 0.0105. The molecule has 0 fully saturated rings. The topological polar surface area (TPSA) is 144 Å². The second-order valence-electron chi connectivity index (χ2n) is 9.03. The fourth-order valence-corrected chi connectivity index (χ4v) is 4.16. The second kappa shape index (κ2) is 13.3. The number of aliphatic carboxylic acids is 1. The lowest BCUT2D eigenvalue weighted by atomic mass is 9.97. The van der Waals surface area contributed by atoms with Crippen molar-refractivity contribution in [2.24, 2.45) is 0 Å². The number of carboxylic acid groups (broad SMARTS) is 1. The largest absolute Gasteiger partial charge is 0.488 e. The Kier molecular flexibility index (Phi) is 9.39. The predicted molar refractivity (Wildman–Crippen MR) is 148 cm³/mol. The van der Waals surface area contributed by atoms with Crippen LogP contribution in [0.25, 0.3) is 11.1 Å². The predicted octanol–water partition coefficient (Wildman–Crippen LogP) is 4.66. The first-order valence-corrected chi connectivity index (χ1v) is 12.5. The van der Waals surface area contributed by atoms with Crippen LogP contribution in [-0.2, 0) is 24.6 Å². The number of aliphatic hydroxyl groups is 1. The molecule has 10 heteroatoms. The van der Waals surface area contributed by atoms with E-state index in [1.165, 1.54) is 12.1 Å². The monoisotopic (exact) mass is 543 g/mol. The van der Waals surface area contributed by atoms with Crippen LogP contribution in [0, 0.1) is 17.0 Å². The molecule has 0 aliphatic carbocycles. The molecule has 0 spiro atoms. The summed E-state index contributed by atoms with van der Waals surface area (Å²) in [6.45, 7) is 1.44. The van der Waals surface area contributed by atoms with Gasteiger partial charge in [0.15, 0.2) is 0 Å². The van der Waals surface area contributed by atoms with Crippen LogP contribution >= 0.6 is 0 Å². The van der Waals surface area contributed by atoms with Crippen molar-refractivity contribution in [3.8, 4) is 22.6 Å². The molecule has 3 aromatic carbocycles. The number of nitrogens with one attached hydrogen (secondary N) is 1. The fraction of sp³-hybridized carbons (Fsp3) is 0.200. The number of ether oxygens (including phenoxy) is 2. The fourth-order valence-electron chi connectivity index (χ4n) is 4.16. The van der Waals surface area contributed by atoms with E-state index in [0.29, 0.717) is 5.56 Å². The average molecular weight is 544 g/mol. The van der Waals surface area contributed by atoms with Gasteiger partial charge in [-0.1, -0.05) is 54.6 Å². The first-order valence-electron chi connectivity index (χ1n) is 12.5. The molecular formula is C30H29N3O7. The number of rotatable bonds is 13. The van der Waals surface area contributed by atoms with Crippen molar-refractivity contribution >= 4 is 11.7 Å². The van der Waals surface area contributed by atoms with Crippen LogP contribution in [0.5, 0.6) is 11.5 Å². The zero-order valence-corrected chi connectivity index (χ0v) is 21.8. The van der Waals surface area contributed by atoms with Crippen LogP contribution in [-0.4, -0.2) is 38.7 Å². The highest BCUT2D eigenvalue weighted by Crippen LogP contribution is 2.36. The van der Waals surface area contributed by atoms with E-state index in [1.807, 2.05) is 61.5 Å². The summed E-state index contributed by atoms with van der Waals surface area (Å²) in [6, 6.07) is 20.8. The molecule has 206 valence electrons. The van der Waals surface area contributed by atoms with Gasteiger partial charge in [-0.2, -0.15) is 0 Å². The van der Waals surface area contributed by atoms with E-state index in [4.69, 9.17) is 9.47 Å². The van der Waals surface area contributed by atoms with Crippen LogP contribution < -0.4 is 14.8 Å². The SMILES string of the molecule is Cc1c(COc2cc(OCc3cccnc3)c(CN[C@@H](CO)C(=O)O)cc2[N+](=O)[O-])cccc1-c1ccccc1. The number of aliphatic hydroxyl groups excluding tert-OH is 1. The van der Waals surface area contributed by atoms with Gasteiger partial charge in [0.05, 0.1) is 11.5 Å². The Morgan fingerprint density at radius 2 is 1.77 bits per heavy atom. The number of carbonyl (C=O) groups is 1. The summed E-state index contributed by atoms with van der Waals surface area (Å²) < 4.78 is 12.0. The maximum atomic E-state index is 12.0. The molecule has 1 aromatic heterocycles. The third-order valence-electron chi connectivity index (χ3n) is 6.39. The minimum atomic E-state index is -1.25. The van der Waals surface area contributed by atoms with Gasteiger partial charge in [0.1, 0.15) is 25.0 Å². The number of nitrogens with zero attached hydrogens (tertiary/aromatic N) is 2. The molecule has 0 amide bonds. The van der Waals surface area contributed by atoms with Gasteiger partial charge in [-0.05, 0) is 35.2 Å². The quantitative estimate of drug-likeness (QED) is 0.162. The van der Waals surface area contributed by atoms with E-state index in [9.17, 15) is 25.1 Å². The highest BCUT2D eigenvalue weighted by atomic mass is 16.6. The Balaban J connectivity index is 1.64. The molecule has 0 aliphatic heterocycles. The number of benzene rings is 3. The van der Waals surface area contributed by atoms with Crippen molar-refractivity contribution in [2.45, 2.75) is 32.7 Å². The third kappa shape index (κ3) is 6.99. The maximum Gasteiger partial charge on any atom is 0.323 e. The van der Waals surface area contributed by atoms with Gasteiger partial charge >= 0.3 is 11.7 Å². The van der Waals surface area contributed by atoms with Crippen LogP contribution in [0.1, 0.15) is 22.3 Å². The van der Waals surface area contributed by atoms with Gasteiger partial charge in [-0.25, -0.2) is 0 Å². The van der Waals surface area contributed by atoms with Crippen molar-refractivity contribution in [3.05, 3.63) is 118 Å². The molecule has 0 unspecified atom stereocenters. The molecule has 4 rings (SSSR count). The number of pyridine rings is 1. The number of hydrogen-bond acceptors (Lipinski definition) is 8. The van der Waals surface area contributed by atoms with E-state index in [0.717, 1.165) is 27.8 Å². The minimum Gasteiger partial charge on any atom is -0.488 e. The molecule has 1 heterocycles. The first-order chi connectivity index (χ1) is 19.4. The lowest BCUT2D eigenvalue weighted by Gasteiger charge is -2.17. The van der Waals surface area contributed by atoms with Gasteiger partial charge in [0.25, 0.3) is 0 Å². The number of carboxylic acids is 1. The third-order valence-corrected chi connectivity index (χ3v) is 6.39. The molecule has 0 saturated carbocycles. The van der Waals surface area contributed by atoms with E-state index in [-0.39, 0.29) is 36.9 Å². The normalized spacial score (nSPS) is 11.6. The molecule has 10 nitrogen and oxygen atoms in total. The molecule has 0 saturated heterocycles. The second-order valence-corrected chi connectivity index (χ2v) is 9.03. The first kappa shape index (κ1) is 28.2. The molecule has 4 aromatic rings. The van der Waals surface area contributed by atoms with Crippen LogP contribution in [0.2, 0.25) is 0 Å². The highest BCUT2D eigenvalue weighted by molar-refractivity contribution is 5.73. The van der Waals surface area contributed by atoms with Crippen molar-refractivity contribution in [2.75, 3.05) is 6.61 Å². The smallest absolute Gasteiger partial charge is 0.323 e. The van der Waals surface area contributed by atoms with E-state index >= 15 is 0 Å². The molecule has 1 atom stereocenters. The zero-order chi connectivity index (χ0) is 28.5.